The molecule has 0 atom stereocenters. The molecule has 128 valence electrons. The molecule has 0 aromatic heterocycles. The van der Waals surface area contributed by atoms with Crippen LogP contribution in [0.1, 0.15) is 31.2 Å². The topological polar surface area (TPSA) is 71.1 Å². The van der Waals surface area contributed by atoms with Gasteiger partial charge in [0, 0.05) is 12.8 Å². The number of methoxy groups -OCH3 is 2. The Morgan fingerprint density at radius 1 is 1.08 bits per heavy atom. The van der Waals surface area contributed by atoms with Crippen LogP contribution in [0, 0.1) is 0 Å². The van der Waals surface area contributed by atoms with E-state index in [1.54, 1.807) is 12.1 Å². The summed E-state index contributed by atoms with van der Waals surface area (Å²) in [5, 5.41) is 0. The number of rotatable bonds is 3. The van der Waals surface area contributed by atoms with Crippen LogP contribution < -0.4 is 9.47 Å². The molecule has 3 rings (SSSR count). The van der Waals surface area contributed by atoms with Gasteiger partial charge in [-0.3, -0.25) is 0 Å². The molecule has 1 aromatic carbocycles. The lowest BCUT2D eigenvalue weighted by Gasteiger charge is -2.32. The Balaban J connectivity index is 1.93. The minimum absolute atomic E-state index is 0.133. The summed E-state index contributed by atoms with van der Waals surface area (Å²) in [6.45, 7) is 0. The van der Waals surface area contributed by atoms with Crippen molar-refractivity contribution in [1.29, 1.82) is 0 Å². The average molecular weight is 397 g/mol. The van der Waals surface area contributed by atoms with Gasteiger partial charge in [0.2, 0.25) is 0 Å². The number of hydrogen-bond acceptors (Lipinski definition) is 6. The third kappa shape index (κ3) is 3.00. The zero-order valence-corrected chi connectivity index (χ0v) is 15.0. The highest BCUT2D eigenvalue weighted by molar-refractivity contribution is 9.10. The molecular weight excluding hydrogens is 380 g/mol. The summed E-state index contributed by atoms with van der Waals surface area (Å²) in [6, 6.07) is 3.38. The maximum atomic E-state index is 12.3. The first-order valence-corrected chi connectivity index (χ1v) is 8.37. The van der Waals surface area contributed by atoms with Crippen molar-refractivity contribution in [2.75, 3.05) is 14.2 Å². The lowest BCUT2D eigenvalue weighted by Crippen LogP contribution is -2.44. The van der Waals surface area contributed by atoms with Gasteiger partial charge in [-0.2, -0.15) is 0 Å². The van der Waals surface area contributed by atoms with E-state index in [-0.39, 0.29) is 5.57 Å². The van der Waals surface area contributed by atoms with Crippen LogP contribution in [0.4, 0.5) is 0 Å². The summed E-state index contributed by atoms with van der Waals surface area (Å²) in [5.41, 5.74) is 0.456. The third-order valence-electron chi connectivity index (χ3n) is 4.13. The van der Waals surface area contributed by atoms with Crippen LogP contribution in [0.2, 0.25) is 0 Å². The van der Waals surface area contributed by atoms with Crippen LogP contribution in [-0.2, 0) is 19.1 Å². The Morgan fingerprint density at radius 3 is 2.25 bits per heavy atom. The number of hydrogen-bond donors (Lipinski definition) is 0. The lowest BCUT2D eigenvalue weighted by atomic mass is 10.1. The van der Waals surface area contributed by atoms with Crippen molar-refractivity contribution in [3.05, 3.63) is 27.7 Å². The van der Waals surface area contributed by atoms with Gasteiger partial charge in [-0.1, -0.05) is 0 Å². The molecule has 1 spiro atoms. The Hall–Kier alpha value is -2.02. The highest BCUT2D eigenvalue weighted by Gasteiger charge is 2.47. The number of ether oxygens (including phenoxy) is 4. The summed E-state index contributed by atoms with van der Waals surface area (Å²) < 4.78 is 21.9. The van der Waals surface area contributed by atoms with E-state index >= 15 is 0 Å². The van der Waals surface area contributed by atoms with E-state index in [2.05, 4.69) is 15.9 Å². The molecule has 1 heterocycles. The van der Waals surface area contributed by atoms with E-state index < -0.39 is 17.7 Å². The molecule has 0 N–H and O–H groups in total. The van der Waals surface area contributed by atoms with Crippen LogP contribution in [0.25, 0.3) is 6.08 Å². The van der Waals surface area contributed by atoms with Crippen molar-refractivity contribution in [3.63, 3.8) is 0 Å². The van der Waals surface area contributed by atoms with E-state index in [1.165, 1.54) is 20.3 Å². The summed E-state index contributed by atoms with van der Waals surface area (Å²) in [7, 11) is 3.03. The van der Waals surface area contributed by atoms with E-state index in [0.717, 1.165) is 12.8 Å². The van der Waals surface area contributed by atoms with Gasteiger partial charge in [-0.05, 0) is 52.5 Å². The Kier molecular flexibility index (Phi) is 4.54. The maximum absolute atomic E-state index is 12.3. The van der Waals surface area contributed by atoms with E-state index in [1.807, 2.05) is 0 Å². The van der Waals surface area contributed by atoms with Crippen LogP contribution >= 0.6 is 15.9 Å². The molecule has 1 saturated carbocycles. The molecule has 0 radical (unpaired) electrons. The fraction of sp³-hybridized carbons (Fsp3) is 0.412. The number of halogens is 1. The van der Waals surface area contributed by atoms with Crippen molar-refractivity contribution in [1.82, 2.24) is 0 Å². The molecule has 2 aliphatic rings. The Morgan fingerprint density at radius 2 is 1.71 bits per heavy atom. The maximum Gasteiger partial charge on any atom is 0.348 e. The molecular formula is C17H17BrO6. The smallest absolute Gasteiger partial charge is 0.348 e. The summed E-state index contributed by atoms with van der Waals surface area (Å²) in [6.07, 6.45) is 4.29. The van der Waals surface area contributed by atoms with Gasteiger partial charge in [0.25, 0.3) is 5.79 Å². The van der Waals surface area contributed by atoms with Crippen LogP contribution in [-0.4, -0.2) is 31.9 Å². The van der Waals surface area contributed by atoms with Gasteiger partial charge in [0.15, 0.2) is 11.5 Å². The van der Waals surface area contributed by atoms with E-state index in [4.69, 9.17) is 18.9 Å². The predicted molar refractivity (Wildman–Crippen MR) is 88.6 cm³/mol. The second kappa shape index (κ2) is 6.47. The fourth-order valence-electron chi connectivity index (χ4n) is 2.98. The molecule has 1 saturated heterocycles. The average Bonchev–Trinajstić information content (AvgIpc) is 2.98. The molecule has 1 aliphatic heterocycles. The Bertz CT molecular complexity index is 696. The normalized spacial score (nSPS) is 19.0. The van der Waals surface area contributed by atoms with Crippen LogP contribution in [0.15, 0.2) is 22.2 Å². The minimum Gasteiger partial charge on any atom is -0.493 e. The molecule has 2 fully saturated rings. The van der Waals surface area contributed by atoms with Crippen molar-refractivity contribution in [3.8, 4) is 11.5 Å². The SMILES string of the molecule is COc1cc(C=C2C(=O)OC3(CCCC3)OC2=O)cc(Br)c1OC. The van der Waals surface area contributed by atoms with Gasteiger partial charge in [0.05, 0.1) is 18.7 Å². The second-order valence-corrected chi connectivity index (χ2v) is 6.55. The number of carbonyl (C=O) groups is 2. The monoisotopic (exact) mass is 396 g/mol. The predicted octanol–water partition coefficient (Wildman–Crippen LogP) is 3.22. The van der Waals surface area contributed by atoms with Crippen molar-refractivity contribution >= 4 is 33.9 Å². The van der Waals surface area contributed by atoms with Gasteiger partial charge in [0.1, 0.15) is 5.57 Å². The van der Waals surface area contributed by atoms with E-state index in [0.29, 0.717) is 34.4 Å². The van der Waals surface area contributed by atoms with Crippen LogP contribution in [0.5, 0.6) is 11.5 Å². The summed E-state index contributed by atoms with van der Waals surface area (Å²) >= 11 is 3.38. The quantitative estimate of drug-likeness (QED) is 0.443. The first-order chi connectivity index (χ1) is 11.5. The van der Waals surface area contributed by atoms with Gasteiger partial charge >= 0.3 is 11.9 Å². The number of esters is 2. The third-order valence-corrected chi connectivity index (χ3v) is 4.72. The van der Waals surface area contributed by atoms with Gasteiger partial charge in [-0.25, -0.2) is 9.59 Å². The molecule has 0 unspecified atom stereocenters. The molecule has 6 nitrogen and oxygen atoms in total. The molecule has 1 aromatic rings. The molecule has 0 bridgehead atoms. The van der Waals surface area contributed by atoms with Gasteiger partial charge in [-0.15, -0.1) is 0 Å². The zero-order valence-electron chi connectivity index (χ0n) is 13.4. The fourth-order valence-corrected chi connectivity index (χ4v) is 3.60. The first-order valence-electron chi connectivity index (χ1n) is 7.58. The standard InChI is InChI=1S/C17H17BrO6/c1-21-13-9-10(8-12(18)14(13)22-2)7-11-15(19)23-17(24-16(11)20)5-3-4-6-17/h7-9H,3-6H2,1-2H3. The van der Waals surface area contributed by atoms with Gasteiger partial charge < -0.3 is 18.9 Å². The van der Waals surface area contributed by atoms with Crippen molar-refractivity contribution in [2.24, 2.45) is 0 Å². The number of carbonyl (C=O) groups excluding carboxylic acids is 2. The molecule has 24 heavy (non-hydrogen) atoms. The summed E-state index contributed by atoms with van der Waals surface area (Å²) in [5.74, 6) is -1.37. The Labute approximate surface area is 147 Å². The largest absolute Gasteiger partial charge is 0.493 e. The van der Waals surface area contributed by atoms with Crippen molar-refractivity contribution in [2.45, 2.75) is 31.5 Å². The summed E-state index contributed by atoms with van der Waals surface area (Å²) in [4.78, 5) is 24.5. The molecule has 0 amide bonds. The molecule has 7 heteroatoms. The number of benzene rings is 1. The first kappa shape index (κ1) is 16.8. The van der Waals surface area contributed by atoms with Crippen molar-refractivity contribution < 1.29 is 28.5 Å². The zero-order chi connectivity index (χ0) is 17.3. The lowest BCUT2D eigenvalue weighted by molar-refractivity contribution is -0.232. The van der Waals surface area contributed by atoms with E-state index in [9.17, 15) is 9.59 Å². The molecule has 1 aliphatic carbocycles. The minimum atomic E-state index is -1.07. The highest BCUT2D eigenvalue weighted by atomic mass is 79.9. The second-order valence-electron chi connectivity index (χ2n) is 5.69. The van der Waals surface area contributed by atoms with Crippen LogP contribution in [0.3, 0.4) is 0 Å². The highest BCUT2D eigenvalue weighted by Crippen LogP contribution is 2.40.